The van der Waals surface area contributed by atoms with Crippen LogP contribution in [0.15, 0.2) is 78.5 Å². The Morgan fingerprint density at radius 2 is 1.71 bits per heavy atom. The summed E-state index contributed by atoms with van der Waals surface area (Å²) in [7, 11) is 1.64. The summed E-state index contributed by atoms with van der Waals surface area (Å²) in [6, 6.07) is 22.1. The van der Waals surface area contributed by atoms with E-state index < -0.39 is 11.8 Å². The van der Waals surface area contributed by atoms with Crippen molar-refractivity contribution in [2.24, 2.45) is 0 Å². The van der Waals surface area contributed by atoms with Crippen LogP contribution in [0.2, 0.25) is 0 Å². The van der Waals surface area contributed by atoms with Gasteiger partial charge < -0.3 is 25.2 Å². The molecule has 0 spiro atoms. The second kappa shape index (κ2) is 13.0. The molecule has 3 rings (SSSR count). The molecule has 0 atom stereocenters. The Labute approximate surface area is 205 Å². The number of benzene rings is 3. The fourth-order valence-electron chi connectivity index (χ4n) is 3.26. The first-order valence-corrected chi connectivity index (χ1v) is 11.3. The van der Waals surface area contributed by atoms with E-state index in [2.05, 4.69) is 10.6 Å². The van der Waals surface area contributed by atoms with Crippen molar-refractivity contribution in [1.82, 2.24) is 10.6 Å². The molecule has 3 aromatic carbocycles. The molecule has 0 bridgehead atoms. The van der Waals surface area contributed by atoms with Crippen molar-refractivity contribution < 1.29 is 24.2 Å². The summed E-state index contributed by atoms with van der Waals surface area (Å²) in [6.45, 7) is 2.34. The van der Waals surface area contributed by atoms with Gasteiger partial charge in [-0.2, -0.15) is 0 Å². The van der Waals surface area contributed by atoms with E-state index in [-0.39, 0.29) is 18.8 Å². The van der Waals surface area contributed by atoms with E-state index in [1.165, 1.54) is 0 Å². The molecule has 0 aliphatic heterocycles. The molecule has 7 heteroatoms. The second-order valence-electron chi connectivity index (χ2n) is 7.88. The first-order valence-electron chi connectivity index (χ1n) is 11.3. The van der Waals surface area contributed by atoms with Crippen LogP contribution in [-0.4, -0.2) is 43.8 Å². The zero-order valence-corrected chi connectivity index (χ0v) is 19.9. The number of hydrogen-bond acceptors (Lipinski definition) is 5. The van der Waals surface area contributed by atoms with Crippen molar-refractivity contribution in [2.75, 3.05) is 26.9 Å². The molecule has 0 aromatic heterocycles. The fraction of sp³-hybridized carbons (Fsp3) is 0.214. The minimum atomic E-state index is -0.481. The van der Waals surface area contributed by atoms with Crippen LogP contribution in [0.25, 0.3) is 6.08 Å². The van der Waals surface area contributed by atoms with Crippen molar-refractivity contribution >= 4 is 17.9 Å². The highest BCUT2D eigenvalue weighted by Gasteiger charge is 2.14. The summed E-state index contributed by atoms with van der Waals surface area (Å²) < 4.78 is 11.0. The van der Waals surface area contributed by atoms with Crippen LogP contribution >= 0.6 is 0 Å². The molecule has 0 fully saturated rings. The molecule has 182 valence electrons. The van der Waals surface area contributed by atoms with E-state index in [1.54, 1.807) is 37.5 Å². The zero-order chi connectivity index (χ0) is 25.0. The number of methoxy groups -OCH3 is 1. The zero-order valence-electron chi connectivity index (χ0n) is 19.9. The van der Waals surface area contributed by atoms with Gasteiger partial charge in [0.1, 0.15) is 17.2 Å². The third-order valence-electron chi connectivity index (χ3n) is 5.19. The fourth-order valence-corrected chi connectivity index (χ4v) is 3.26. The molecule has 0 aliphatic carbocycles. The Morgan fingerprint density at radius 1 is 0.971 bits per heavy atom. The number of aryl methyl sites for hydroxylation is 1. The van der Waals surface area contributed by atoms with Gasteiger partial charge in [0.2, 0.25) is 0 Å². The summed E-state index contributed by atoms with van der Waals surface area (Å²) in [4.78, 5) is 25.4. The van der Waals surface area contributed by atoms with Gasteiger partial charge in [0.25, 0.3) is 11.8 Å². The predicted molar refractivity (Wildman–Crippen MR) is 135 cm³/mol. The van der Waals surface area contributed by atoms with Gasteiger partial charge in [-0.15, -0.1) is 0 Å². The number of ether oxygens (including phenoxy) is 2. The molecule has 0 heterocycles. The van der Waals surface area contributed by atoms with Crippen LogP contribution in [0.4, 0.5) is 0 Å². The third-order valence-corrected chi connectivity index (χ3v) is 5.19. The number of aliphatic hydroxyl groups excluding tert-OH is 1. The average molecular weight is 475 g/mol. The van der Waals surface area contributed by atoms with Crippen LogP contribution in [0, 0.1) is 6.92 Å². The summed E-state index contributed by atoms with van der Waals surface area (Å²) in [5.74, 6) is 0.537. The van der Waals surface area contributed by atoms with Crippen molar-refractivity contribution in [1.29, 1.82) is 0 Å². The molecule has 0 aliphatic rings. The maximum Gasteiger partial charge on any atom is 0.267 e. The van der Waals surface area contributed by atoms with Gasteiger partial charge in [-0.25, -0.2) is 0 Å². The number of amides is 2. The van der Waals surface area contributed by atoms with Crippen molar-refractivity contribution in [3.63, 3.8) is 0 Å². The number of carbonyl (C=O) groups is 2. The third kappa shape index (κ3) is 8.01. The summed E-state index contributed by atoms with van der Waals surface area (Å²) in [6.07, 6.45) is 2.32. The Bertz CT molecular complexity index is 1150. The van der Waals surface area contributed by atoms with Crippen molar-refractivity contribution in [3.8, 4) is 11.5 Å². The molecule has 3 aromatic rings. The Morgan fingerprint density at radius 3 is 2.40 bits per heavy atom. The molecule has 0 radical (unpaired) electrons. The summed E-state index contributed by atoms with van der Waals surface area (Å²) in [5, 5.41) is 14.3. The van der Waals surface area contributed by atoms with Crippen molar-refractivity contribution in [2.45, 2.75) is 13.3 Å². The van der Waals surface area contributed by atoms with Crippen LogP contribution < -0.4 is 20.1 Å². The molecule has 0 unspecified atom stereocenters. The maximum absolute atomic E-state index is 12.8. The van der Waals surface area contributed by atoms with E-state index in [9.17, 15) is 9.59 Å². The molecule has 0 saturated carbocycles. The standard InChI is InChI=1S/C28H30N2O5/c1-20-6-8-22(9-7-20)19-26(28(33)29-15-16-31)30-27(32)23-10-12-24(13-11-23)35-17-14-21-4-3-5-25(18-21)34-2/h3-13,18-19,31H,14-17H2,1-2H3,(H,29,33)(H,30,32)/b26-19-. The lowest BCUT2D eigenvalue weighted by Gasteiger charge is -2.11. The van der Waals surface area contributed by atoms with E-state index in [0.717, 1.165) is 28.9 Å². The maximum atomic E-state index is 12.8. The number of aliphatic hydroxyl groups is 1. The molecule has 35 heavy (non-hydrogen) atoms. The molecule has 2 amide bonds. The molecular weight excluding hydrogens is 444 g/mol. The normalized spacial score (nSPS) is 11.0. The highest BCUT2D eigenvalue weighted by molar-refractivity contribution is 6.05. The Balaban J connectivity index is 1.62. The minimum absolute atomic E-state index is 0.0851. The van der Waals surface area contributed by atoms with Gasteiger partial charge >= 0.3 is 0 Å². The highest BCUT2D eigenvalue weighted by Crippen LogP contribution is 2.16. The Hall–Kier alpha value is -4.10. The number of rotatable bonds is 11. The lowest BCUT2D eigenvalue weighted by Crippen LogP contribution is -2.36. The first kappa shape index (κ1) is 25.5. The SMILES string of the molecule is COc1cccc(CCOc2ccc(C(=O)N/C(=C\c3ccc(C)cc3)C(=O)NCCO)cc2)c1. The monoisotopic (exact) mass is 474 g/mol. The van der Waals surface area contributed by atoms with Crippen molar-refractivity contribution in [3.05, 3.63) is 101 Å². The van der Waals surface area contributed by atoms with Gasteiger partial charge in [0.05, 0.1) is 20.3 Å². The van der Waals surface area contributed by atoms with Gasteiger partial charge in [-0.1, -0.05) is 42.0 Å². The van der Waals surface area contributed by atoms with Crippen LogP contribution in [-0.2, 0) is 11.2 Å². The lowest BCUT2D eigenvalue weighted by molar-refractivity contribution is -0.117. The largest absolute Gasteiger partial charge is 0.497 e. The molecule has 0 saturated heterocycles. The molecule has 7 nitrogen and oxygen atoms in total. The predicted octanol–water partition coefficient (Wildman–Crippen LogP) is 3.50. The van der Waals surface area contributed by atoms with Gasteiger partial charge in [0, 0.05) is 18.5 Å². The highest BCUT2D eigenvalue weighted by atomic mass is 16.5. The minimum Gasteiger partial charge on any atom is -0.497 e. The quantitative estimate of drug-likeness (QED) is 0.370. The van der Waals surface area contributed by atoms with E-state index in [0.29, 0.717) is 17.9 Å². The van der Waals surface area contributed by atoms with Crippen LogP contribution in [0.1, 0.15) is 27.0 Å². The first-order chi connectivity index (χ1) is 17.0. The van der Waals surface area contributed by atoms with E-state index >= 15 is 0 Å². The van der Waals surface area contributed by atoms with Gasteiger partial charge in [0.15, 0.2) is 0 Å². The number of nitrogens with one attached hydrogen (secondary N) is 2. The van der Waals surface area contributed by atoms with E-state index in [1.807, 2.05) is 55.5 Å². The lowest BCUT2D eigenvalue weighted by atomic mass is 10.1. The van der Waals surface area contributed by atoms with Gasteiger partial charge in [-0.3, -0.25) is 9.59 Å². The van der Waals surface area contributed by atoms with Crippen LogP contribution in [0.3, 0.4) is 0 Å². The number of hydrogen-bond donors (Lipinski definition) is 3. The average Bonchev–Trinajstić information content (AvgIpc) is 2.88. The Kier molecular flexibility index (Phi) is 9.45. The topological polar surface area (TPSA) is 96.9 Å². The van der Waals surface area contributed by atoms with Crippen LogP contribution in [0.5, 0.6) is 11.5 Å². The van der Waals surface area contributed by atoms with Gasteiger partial charge in [-0.05, 0) is 60.5 Å². The number of carbonyl (C=O) groups excluding carboxylic acids is 2. The van der Waals surface area contributed by atoms with E-state index in [4.69, 9.17) is 14.6 Å². The molecular formula is C28H30N2O5. The smallest absolute Gasteiger partial charge is 0.267 e. The summed E-state index contributed by atoms with van der Waals surface area (Å²) in [5.41, 5.74) is 3.43. The molecule has 3 N–H and O–H groups in total. The summed E-state index contributed by atoms with van der Waals surface area (Å²) >= 11 is 0. The second-order valence-corrected chi connectivity index (χ2v) is 7.88.